The van der Waals surface area contributed by atoms with Gasteiger partial charge in [-0.3, -0.25) is 9.48 Å². The Balaban J connectivity index is 1.17. The number of halogens is 1. The number of aromatic nitrogens is 4. The topological polar surface area (TPSA) is 97.2 Å². The van der Waals surface area contributed by atoms with Gasteiger partial charge in [-0.2, -0.15) is 5.10 Å². The van der Waals surface area contributed by atoms with Gasteiger partial charge in [-0.15, -0.1) is 0 Å². The largest absolute Gasteiger partial charge is 0.491 e. The summed E-state index contributed by atoms with van der Waals surface area (Å²) in [5.74, 6) is 1.04. The van der Waals surface area contributed by atoms with Crippen LogP contribution in [0.3, 0.4) is 0 Å². The van der Waals surface area contributed by atoms with Crippen molar-refractivity contribution in [2.75, 3.05) is 30.4 Å². The Bertz CT molecular complexity index is 1290. The van der Waals surface area contributed by atoms with Crippen LogP contribution in [0.5, 0.6) is 5.75 Å². The van der Waals surface area contributed by atoms with Crippen molar-refractivity contribution in [1.29, 1.82) is 0 Å². The molecule has 1 aromatic carbocycles. The van der Waals surface area contributed by atoms with E-state index in [1.54, 1.807) is 25.5 Å². The number of carbonyl (C=O) groups excluding carboxylic acids is 1. The van der Waals surface area contributed by atoms with E-state index in [0.717, 1.165) is 24.9 Å². The number of rotatable bonds is 9. The number of carbonyl (C=O) groups is 1. The van der Waals surface area contributed by atoms with Crippen molar-refractivity contribution in [3.05, 3.63) is 36.2 Å². The van der Waals surface area contributed by atoms with E-state index in [4.69, 9.17) is 4.74 Å². The number of amides is 1. The van der Waals surface area contributed by atoms with Gasteiger partial charge in [0.2, 0.25) is 0 Å². The average Bonchev–Trinajstić information content (AvgIpc) is 3.48. The van der Waals surface area contributed by atoms with Crippen LogP contribution in [0.2, 0.25) is 0 Å². The van der Waals surface area contributed by atoms with Gasteiger partial charge in [0.05, 0.1) is 25.2 Å². The lowest BCUT2D eigenvalue weighted by Crippen LogP contribution is -2.43. The maximum atomic E-state index is 14.9. The summed E-state index contributed by atoms with van der Waals surface area (Å²) in [7, 11) is 3.08. The Morgan fingerprint density at radius 3 is 2.70 bits per heavy atom. The van der Waals surface area contributed by atoms with Crippen LogP contribution in [0.15, 0.2) is 24.7 Å². The molecule has 0 spiro atoms. The molecular weight excluding hydrogens is 473 g/mol. The highest BCUT2D eigenvalue weighted by Crippen LogP contribution is 2.42. The van der Waals surface area contributed by atoms with Crippen molar-refractivity contribution in [1.82, 2.24) is 25.1 Å². The number of nitrogens with zero attached hydrogens (tertiary/aromatic N) is 5. The molecule has 3 fully saturated rings. The number of fused-ring (bicyclic) bond motifs is 1. The van der Waals surface area contributed by atoms with E-state index in [-0.39, 0.29) is 22.6 Å². The van der Waals surface area contributed by atoms with Gasteiger partial charge in [0.25, 0.3) is 5.91 Å². The molecule has 2 N–H and O–H groups in total. The van der Waals surface area contributed by atoms with Crippen LogP contribution >= 0.6 is 0 Å². The van der Waals surface area contributed by atoms with E-state index in [1.165, 1.54) is 62.9 Å². The summed E-state index contributed by atoms with van der Waals surface area (Å²) in [6, 6.07) is 2.88. The summed E-state index contributed by atoms with van der Waals surface area (Å²) in [6.45, 7) is 2.06. The molecule has 2 aromatic heterocycles. The van der Waals surface area contributed by atoms with E-state index in [2.05, 4.69) is 30.6 Å². The second-order valence-electron chi connectivity index (χ2n) is 10.7. The predicted octanol–water partition coefficient (Wildman–Crippen LogP) is 3.90. The van der Waals surface area contributed by atoms with Gasteiger partial charge in [-0.05, 0) is 63.0 Å². The van der Waals surface area contributed by atoms with Crippen LogP contribution in [-0.4, -0.2) is 57.9 Å². The van der Waals surface area contributed by atoms with Crippen molar-refractivity contribution >= 4 is 28.3 Å². The molecule has 0 radical (unpaired) electrons. The quantitative estimate of drug-likeness (QED) is 0.453. The molecule has 2 saturated carbocycles. The van der Waals surface area contributed by atoms with Crippen molar-refractivity contribution in [3.63, 3.8) is 0 Å². The molecule has 1 amide bonds. The molecule has 196 valence electrons. The summed E-state index contributed by atoms with van der Waals surface area (Å²) in [5.41, 5.74) is 0.584. The number of aryl methyl sites for hydroxylation is 1. The van der Waals surface area contributed by atoms with Crippen molar-refractivity contribution in [2.24, 2.45) is 18.9 Å². The van der Waals surface area contributed by atoms with Crippen LogP contribution in [0.4, 0.5) is 15.9 Å². The van der Waals surface area contributed by atoms with Gasteiger partial charge in [-0.1, -0.05) is 6.42 Å². The van der Waals surface area contributed by atoms with Gasteiger partial charge in [0.1, 0.15) is 17.0 Å². The molecule has 1 aliphatic heterocycles. The Kier molecular flexibility index (Phi) is 6.44. The Morgan fingerprint density at radius 1 is 1.19 bits per heavy atom. The maximum absolute atomic E-state index is 14.9. The third-order valence-electron chi connectivity index (χ3n) is 8.17. The van der Waals surface area contributed by atoms with Gasteiger partial charge >= 0.3 is 0 Å². The van der Waals surface area contributed by atoms with Crippen LogP contribution in [0.25, 0.3) is 10.9 Å². The summed E-state index contributed by atoms with van der Waals surface area (Å²) >= 11 is 0. The van der Waals surface area contributed by atoms with Crippen molar-refractivity contribution < 1.29 is 13.9 Å². The summed E-state index contributed by atoms with van der Waals surface area (Å²) in [4.78, 5) is 24.5. The molecule has 2 atom stereocenters. The second-order valence-corrected chi connectivity index (χ2v) is 10.7. The second kappa shape index (κ2) is 9.89. The lowest BCUT2D eigenvalue weighted by molar-refractivity contribution is 0.102. The first-order valence-electron chi connectivity index (χ1n) is 13.3. The summed E-state index contributed by atoms with van der Waals surface area (Å²) in [6.07, 6.45) is 13.8. The minimum atomic E-state index is -0.615. The predicted molar refractivity (Wildman–Crippen MR) is 139 cm³/mol. The maximum Gasteiger partial charge on any atom is 0.275 e. The standard InChI is InChI=1S/C27H34FN7O2/c1-34-15-18-12-20(26(37-2)23(28)24(18)33-34)32-27(36)21-13-31-22(14-30-21)35-11-9-17(8-10-29-19-6-7-19)25(35)16-4-3-5-16/h12-17,19,25,29H,3-11H2,1-2H3,(H,32,36)/t17-,25?/m0/s1. The normalized spacial score (nSPS) is 21.9. The first-order valence-corrected chi connectivity index (χ1v) is 13.3. The number of benzene rings is 1. The molecule has 10 heteroatoms. The third-order valence-corrected chi connectivity index (χ3v) is 8.17. The number of anilines is 2. The van der Waals surface area contributed by atoms with Crippen molar-refractivity contribution in [3.8, 4) is 5.75 Å². The van der Waals surface area contributed by atoms with Crippen LogP contribution in [0.1, 0.15) is 55.4 Å². The fourth-order valence-corrected chi connectivity index (χ4v) is 5.94. The van der Waals surface area contributed by atoms with E-state index in [1.807, 2.05) is 0 Å². The number of hydrogen-bond acceptors (Lipinski definition) is 7. The molecule has 0 bridgehead atoms. The highest BCUT2D eigenvalue weighted by molar-refractivity contribution is 6.05. The molecular formula is C27H34FN7O2. The summed E-state index contributed by atoms with van der Waals surface area (Å²) in [5, 5.41) is 11.1. The molecule has 3 aromatic rings. The highest BCUT2D eigenvalue weighted by Gasteiger charge is 2.42. The van der Waals surface area contributed by atoms with Crippen LogP contribution < -0.4 is 20.3 Å². The zero-order valence-electron chi connectivity index (χ0n) is 21.4. The molecule has 9 nitrogen and oxygen atoms in total. The number of hydrogen-bond donors (Lipinski definition) is 2. The first kappa shape index (κ1) is 24.1. The van der Waals surface area contributed by atoms with E-state index < -0.39 is 11.7 Å². The minimum absolute atomic E-state index is 0.0632. The monoisotopic (exact) mass is 507 g/mol. The fourth-order valence-electron chi connectivity index (χ4n) is 5.94. The molecule has 37 heavy (non-hydrogen) atoms. The molecule has 1 saturated heterocycles. The van der Waals surface area contributed by atoms with Crippen LogP contribution in [0, 0.1) is 17.7 Å². The van der Waals surface area contributed by atoms with Gasteiger partial charge in [-0.25, -0.2) is 14.4 Å². The van der Waals surface area contributed by atoms with E-state index >= 15 is 0 Å². The zero-order chi connectivity index (χ0) is 25.5. The lowest BCUT2D eigenvalue weighted by Gasteiger charge is -2.40. The Hall–Kier alpha value is -3.27. The van der Waals surface area contributed by atoms with Gasteiger partial charge in [0.15, 0.2) is 11.6 Å². The minimum Gasteiger partial charge on any atom is -0.491 e. The first-order chi connectivity index (χ1) is 18.0. The molecule has 6 rings (SSSR count). The molecule has 2 aliphatic carbocycles. The van der Waals surface area contributed by atoms with Crippen LogP contribution in [-0.2, 0) is 7.05 Å². The number of nitrogens with one attached hydrogen (secondary N) is 2. The third kappa shape index (κ3) is 4.74. The Labute approximate surface area is 215 Å². The Morgan fingerprint density at radius 2 is 2.03 bits per heavy atom. The smallest absolute Gasteiger partial charge is 0.275 e. The highest BCUT2D eigenvalue weighted by atomic mass is 19.1. The molecule has 1 unspecified atom stereocenters. The van der Waals surface area contributed by atoms with Crippen molar-refractivity contribution in [2.45, 2.75) is 57.0 Å². The van der Waals surface area contributed by atoms with Gasteiger partial charge in [0, 0.05) is 37.3 Å². The number of ether oxygens (including phenoxy) is 1. The van der Waals surface area contributed by atoms with E-state index in [0.29, 0.717) is 23.3 Å². The lowest BCUT2D eigenvalue weighted by atomic mass is 9.74. The van der Waals surface area contributed by atoms with Gasteiger partial charge < -0.3 is 20.3 Å². The zero-order valence-corrected chi connectivity index (χ0v) is 21.4. The SMILES string of the molecule is COc1c(NC(=O)c2cnc(N3CC[C@H](CCNC4CC4)C3C3CCC3)cn2)cc2cn(C)nc2c1F. The average molecular weight is 508 g/mol. The van der Waals surface area contributed by atoms with E-state index in [9.17, 15) is 9.18 Å². The summed E-state index contributed by atoms with van der Waals surface area (Å²) < 4.78 is 21.7. The fraction of sp³-hybridized carbons (Fsp3) is 0.556. The molecule has 3 heterocycles. The number of methoxy groups -OCH3 is 1. The molecule has 3 aliphatic rings.